The summed E-state index contributed by atoms with van der Waals surface area (Å²) < 4.78 is 0. The van der Waals surface area contributed by atoms with Crippen LogP contribution in [-0.2, 0) is 0 Å². The number of hydrogen-bond donors (Lipinski definition) is 1. The average Bonchev–Trinajstić information content (AvgIpc) is 2.50. The third-order valence-corrected chi connectivity index (χ3v) is 1.96. The highest BCUT2D eigenvalue weighted by Gasteiger charge is 2.09. The number of nitrogens with zero attached hydrogens (tertiary/aromatic N) is 1. The van der Waals surface area contributed by atoms with Gasteiger partial charge in [-0.1, -0.05) is 11.8 Å². The highest BCUT2D eigenvalue weighted by molar-refractivity contribution is 4.99. The van der Waals surface area contributed by atoms with Crippen LogP contribution in [0.5, 0.6) is 0 Å². The van der Waals surface area contributed by atoms with Crippen molar-refractivity contribution in [2.75, 3.05) is 26.2 Å². The Labute approximate surface area is 68.2 Å². The Balaban J connectivity index is 2.02. The molecule has 0 aromatic carbocycles. The van der Waals surface area contributed by atoms with E-state index in [1.54, 1.807) is 0 Å². The zero-order valence-corrected chi connectivity index (χ0v) is 6.84. The first-order chi connectivity index (χ1) is 5.43. The lowest BCUT2D eigenvalue weighted by Crippen LogP contribution is -2.19. The predicted molar refractivity (Wildman–Crippen MR) is 45.2 cm³/mol. The van der Waals surface area contributed by atoms with Crippen LogP contribution in [0.25, 0.3) is 0 Å². The van der Waals surface area contributed by atoms with Gasteiger partial charge in [0.05, 0.1) is 0 Å². The van der Waals surface area contributed by atoms with Crippen molar-refractivity contribution in [1.29, 1.82) is 0 Å². The molecule has 0 spiro atoms. The Hall–Kier alpha value is -0.520. The normalized spacial score (nSPS) is 17.9. The average molecular weight is 153 g/mol. The van der Waals surface area contributed by atoms with E-state index >= 15 is 0 Å². The molecule has 1 aliphatic rings. The molecule has 1 rings (SSSR count). The van der Waals surface area contributed by atoms with E-state index in [1.807, 2.05) is 0 Å². The summed E-state index contributed by atoms with van der Waals surface area (Å²) in [6.07, 6.45) is 3.58. The highest BCUT2D eigenvalue weighted by Crippen LogP contribution is 2.06. The molecular weight excluding hydrogens is 138 g/mol. The van der Waals surface area contributed by atoms with E-state index in [0.717, 1.165) is 13.0 Å². The highest BCUT2D eigenvalue weighted by atomic mass is 16.2. The molecule has 0 radical (unpaired) electrons. The Morgan fingerprint density at radius 2 is 1.91 bits per heavy atom. The molecule has 0 unspecified atom stereocenters. The molecule has 0 aliphatic carbocycles. The molecule has 2 heteroatoms. The number of aliphatic hydroxyl groups is 1. The summed E-state index contributed by atoms with van der Waals surface area (Å²) in [6.45, 7) is 3.55. The summed E-state index contributed by atoms with van der Waals surface area (Å²) in [6, 6.07) is 0. The van der Waals surface area contributed by atoms with Crippen LogP contribution in [-0.4, -0.2) is 36.2 Å². The van der Waals surface area contributed by atoms with Gasteiger partial charge in [-0.05, 0) is 25.9 Å². The molecule has 1 fully saturated rings. The van der Waals surface area contributed by atoms with Gasteiger partial charge in [0.1, 0.15) is 6.61 Å². The van der Waals surface area contributed by atoms with E-state index in [4.69, 9.17) is 5.11 Å². The van der Waals surface area contributed by atoms with Crippen LogP contribution >= 0.6 is 0 Å². The quantitative estimate of drug-likeness (QED) is 0.583. The first kappa shape index (κ1) is 8.58. The molecule has 0 aromatic heterocycles. The molecule has 1 N–H and O–H groups in total. The Morgan fingerprint density at radius 1 is 1.18 bits per heavy atom. The maximum atomic E-state index is 8.37. The van der Waals surface area contributed by atoms with Gasteiger partial charge in [-0.2, -0.15) is 0 Å². The van der Waals surface area contributed by atoms with Crippen LogP contribution in [0.4, 0.5) is 0 Å². The summed E-state index contributed by atoms with van der Waals surface area (Å²) in [5, 5.41) is 8.37. The Morgan fingerprint density at radius 3 is 2.55 bits per heavy atom. The summed E-state index contributed by atoms with van der Waals surface area (Å²) in [5.41, 5.74) is 0. The third kappa shape index (κ3) is 3.41. The molecule has 2 nitrogen and oxygen atoms in total. The van der Waals surface area contributed by atoms with E-state index in [-0.39, 0.29) is 6.61 Å². The summed E-state index contributed by atoms with van der Waals surface area (Å²) in [5.74, 6) is 5.57. The number of rotatable bonds is 2. The van der Waals surface area contributed by atoms with Crippen molar-refractivity contribution >= 4 is 0 Å². The molecule has 0 aromatic rings. The molecule has 0 amide bonds. The van der Waals surface area contributed by atoms with Crippen molar-refractivity contribution in [3.8, 4) is 11.8 Å². The van der Waals surface area contributed by atoms with Gasteiger partial charge in [-0.25, -0.2) is 0 Å². The van der Waals surface area contributed by atoms with E-state index < -0.39 is 0 Å². The van der Waals surface area contributed by atoms with Crippen LogP contribution < -0.4 is 0 Å². The predicted octanol–water partition coefficient (Wildman–Crippen LogP) is 0.468. The van der Waals surface area contributed by atoms with Crippen molar-refractivity contribution < 1.29 is 5.11 Å². The largest absolute Gasteiger partial charge is 0.384 e. The van der Waals surface area contributed by atoms with Crippen LogP contribution in [0, 0.1) is 11.8 Å². The number of aliphatic hydroxyl groups excluding tert-OH is 1. The third-order valence-electron chi connectivity index (χ3n) is 1.96. The Kier molecular flexibility index (Phi) is 4.03. The minimum absolute atomic E-state index is 0. The van der Waals surface area contributed by atoms with Crippen LogP contribution in [0.3, 0.4) is 0 Å². The van der Waals surface area contributed by atoms with E-state index in [1.165, 1.54) is 25.9 Å². The second-order valence-electron chi connectivity index (χ2n) is 2.81. The van der Waals surface area contributed by atoms with Gasteiger partial charge < -0.3 is 10.0 Å². The van der Waals surface area contributed by atoms with Gasteiger partial charge in [0.2, 0.25) is 0 Å². The van der Waals surface area contributed by atoms with Crippen molar-refractivity contribution in [1.82, 2.24) is 4.90 Å². The van der Waals surface area contributed by atoms with Gasteiger partial charge in [0.15, 0.2) is 0 Å². The van der Waals surface area contributed by atoms with Crippen molar-refractivity contribution in [3.63, 3.8) is 0 Å². The zero-order valence-electron chi connectivity index (χ0n) is 6.84. The lowest BCUT2D eigenvalue weighted by Gasteiger charge is -2.10. The second-order valence-corrected chi connectivity index (χ2v) is 2.81. The molecule has 1 aliphatic heterocycles. The standard InChI is InChI=1S/C9H15NO/c11-9-5-1-2-6-10-7-3-4-8-10/h11H,2-4,6-9H2. The fourth-order valence-electron chi connectivity index (χ4n) is 1.36. The van der Waals surface area contributed by atoms with Crippen molar-refractivity contribution in [2.24, 2.45) is 0 Å². The lowest BCUT2D eigenvalue weighted by molar-refractivity contribution is 0.345. The van der Waals surface area contributed by atoms with E-state index in [2.05, 4.69) is 16.7 Å². The van der Waals surface area contributed by atoms with Crippen LogP contribution in [0.1, 0.15) is 19.3 Å². The maximum Gasteiger partial charge on any atom is 0.104 e. The van der Waals surface area contributed by atoms with E-state index in [9.17, 15) is 0 Å². The Bertz CT molecular complexity index is 151. The number of likely N-dealkylation sites (tertiary alicyclic amines) is 1. The molecule has 0 saturated carbocycles. The summed E-state index contributed by atoms with van der Waals surface area (Å²) in [7, 11) is 0. The first-order valence-corrected chi connectivity index (χ1v) is 4.22. The van der Waals surface area contributed by atoms with E-state index in [0.29, 0.717) is 0 Å². The smallest absolute Gasteiger partial charge is 0.104 e. The molecular formula is C9H15NO. The minimum atomic E-state index is 0. The van der Waals surface area contributed by atoms with Gasteiger partial charge in [0.25, 0.3) is 0 Å². The molecule has 11 heavy (non-hydrogen) atoms. The SMILES string of the molecule is OCC#CCCN1CCCC1. The van der Waals surface area contributed by atoms with Gasteiger partial charge in [-0.15, -0.1) is 0 Å². The monoisotopic (exact) mass is 153 g/mol. The van der Waals surface area contributed by atoms with Crippen molar-refractivity contribution in [3.05, 3.63) is 0 Å². The number of hydrogen-bond acceptors (Lipinski definition) is 2. The van der Waals surface area contributed by atoms with Gasteiger partial charge in [0, 0.05) is 13.0 Å². The zero-order chi connectivity index (χ0) is 7.94. The summed E-state index contributed by atoms with van der Waals surface area (Å²) >= 11 is 0. The fourth-order valence-corrected chi connectivity index (χ4v) is 1.36. The minimum Gasteiger partial charge on any atom is -0.384 e. The summed E-state index contributed by atoms with van der Waals surface area (Å²) in [4.78, 5) is 2.42. The lowest BCUT2D eigenvalue weighted by atomic mass is 10.4. The topological polar surface area (TPSA) is 23.5 Å². The van der Waals surface area contributed by atoms with Gasteiger partial charge in [-0.3, -0.25) is 0 Å². The molecule has 0 atom stereocenters. The van der Waals surface area contributed by atoms with Crippen molar-refractivity contribution in [2.45, 2.75) is 19.3 Å². The molecule has 1 saturated heterocycles. The molecule has 0 bridgehead atoms. The maximum absolute atomic E-state index is 8.37. The molecule has 62 valence electrons. The van der Waals surface area contributed by atoms with Crippen LogP contribution in [0.2, 0.25) is 0 Å². The molecule has 1 heterocycles. The van der Waals surface area contributed by atoms with Gasteiger partial charge >= 0.3 is 0 Å². The first-order valence-electron chi connectivity index (χ1n) is 4.22. The van der Waals surface area contributed by atoms with Crippen LogP contribution in [0.15, 0.2) is 0 Å². The fraction of sp³-hybridized carbons (Fsp3) is 0.778. The second kappa shape index (κ2) is 5.17.